The Hall–Kier alpha value is -4.89. The topological polar surface area (TPSA) is 26.9 Å². The van der Waals surface area contributed by atoms with Crippen LogP contribution in [0.4, 0.5) is 0 Å². The quantitative estimate of drug-likeness (QED) is 0.242. The standard InChI is InChI=1S/C35H26N2O/c1-24(38)37-33-21-29-28-19-11-12-20-31(28)36(23-25-13-5-2-6-14-25)32(29)22-30(33)34(26-15-7-3-8-16-26)35(37)27-17-9-4-10-18-27/h2-22H,23H2,1H3. The molecule has 0 saturated carbocycles. The first-order valence-corrected chi connectivity index (χ1v) is 13.0. The van der Waals surface area contributed by atoms with Gasteiger partial charge in [0.2, 0.25) is 5.91 Å². The summed E-state index contributed by atoms with van der Waals surface area (Å²) in [6.45, 7) is 2.43. The van der Waals surface area contributed by atoms with Crippen molar-refractivity contribution in [2.75, 3.05) is 0 Å². The van der Waals surface area contributed by atoms with Gasteiger partial charge in [0.1, 0.15) is 0 Å². The van der Waals surface area contributed by atoms with Crippen molar-refractivity contribution in [1.82, 2.24) is 9.13 Å². The number of rotatable bonds is 4. The van der Waals surface area contributed by atoms with Gasteiger partial charge in [0.15, 0.2) is 0 Å². The summed E-state index contributed by atoms with van der Waals surface area (Å²) in [6.07, 6.45) is 0. The molecule has 2 aromatic heterocycles. The van der Waals surface area contributed by atoms with E-state index >= 15 is 0 Å². The molecule has 38 heavy (non-hydrogen) atoms. The SMILES string of the molecule is CC(=O)n1c(-c2ccccc2)c(-c2ccccc2)c2cc3c(cc21)c1ccccc1n3Cc1ccccc1. The van der Waals surface area contributed by atoms with Gasteiger partial charge in [0.05, 0.1) is 16.7 Å². The minimum Gasteiger partial charge on any atom is -0.336 e. The van der Waals surface area contributed by atoms with Crippen LogP contribution in [-0.2, 0) is 6.54 Å². The van der Waals surface area contributed by atoms with Gasteiger partial charge in [-0.25, -0.2) is 0 Å². The summed E-state index contributed by atoms with van der Waals surface area (Å²) < 4.78 is 4.30. The van der Waals surface area contributed by atoms with E-state index in [9.17, 15) is 4.79 Å². The highest BCUT2D eigenvalue weighted by molar-refractivity contribution is 6.18. The van der Waals surface area contributed by atoms with Crippen molar-refractivity contribution in [3.05, 3.63) is 133 Å². The zero-order valence-electron chi connectivity index (χ0n) is 21.1. The number of carbonyl (C=O) groups is 1. The summed E-state index contributed by atoms with van der Waals surface area (Å²) in [5, 5.41) is 3.43. The number of para-hydroxylation sites is 1. The Labute approximate surface area is 221 Å². The minimum absolute atomic E-state index is 0.00316. The van der Waals surface area contributed by atoms with Gasteiger partial charge in [0.25, 0.3) is 0 Å². The first-order chi connectivity index (χ1) is 18.7. The third-order valence-corrected chi connectivity index (χ3v) is 7.47. The van der Waals surface area contributed by atoms with Crippen molar-refractivity contribution < 1.29 is 4.79 Å². The predicted molar refractivity (Wildman–Crippen MR) is 158 cm³/mol. The molecule has 0 amide bonds. The second-order valence-electron chi connectivity index (χ2n) is 9.79. The van der Waals surface area contributed by atoms with Gasteiger partial charge < -0.3 is 4.57 Å². The van der Waals surface area contributed by atoms with E-state index in [1.54, 1.807) is 6.92 Å². The highest BCUT2D eigenvalue weighted by Crippen LogP contribution is 2.44. The Morgan fingerprint density at radius 2 is 1.16 bits per heavy atom. The molecule has 0 bridgehead atoms. The molecule has 0 spiro atoms. The summed E-state index contributed by atoms with van der Waals surface area (Å²) in [6, 6.07) is 44.3. The van der Waals surface area contributed by atoms with Crippen LogP contribution < -0.4 is 0 Å². The molecule has 0 unspecified atom stereocenters. The molecule has 3 nitrogen and oxygen atoms in total. The lowest BCUT2D eigenvalue weighted by Crippen LogP contribution is -2.07. The average Bonchev–Trinajstić information content (AvgIpc) is 3.46. The summed E-state index contributed by atoms with van der Waals surface area (Å²) in [7, 11) is 0. The second kappa shape index (κ2) is 8.89. The molecule has 182 valence electrons. The smallest absolute Gasteiger partial charge is 0.228 e. The van der Waals surface area contributed by atoms with Crippen LogP contribution in [0.5, 0.6) is 0 Å². The molecule has 0 saturated heterocycles. The van der Waals surface area contributed by atoms with Gasteiger partial charge in [-0.2, -0.15) is 0 Å². The molecule has 0 N–H and O–H groups in total. The fourth-order valence-corrected chi connectivity index (χ4v) is 5.86. The lowest BCUT2D eigenvalue weighted by molar-refractivity contribution is 0.0943. The highest BCUT2D eigenvalue weighted by Gasteiger charge is 2.24. The molecule has 0 radical (unpaired) electrons. The third kappa shape index (κ3) is 3.47. The average molecular weight is 491 g/mol. The molecule has 2 heterocycles. The molecule has 5 aromatic carbocycles. The molecular weight excluding hydrogens is 464 g/mol. The predicted octanol–water partition coefficient (Wildman–Crippen LogP) is 8.79. The van der Waals surface area contributed by atoms with E-state index in [4.69, 9.17) is 0 Å². The van der Waals surface area contributed by atoms with Crippen molar-refractivity contribution in [3.63, 3.8) is 0 Å². The number of benzene rings is 5. The number of nitrogens with zero attached hydrogens (tertiary/aromatic N) is 2. The Balaban J connectivity index is 1.64. The maximum atomic E-state index is 13.3. The Bertz CT molecular complexity index is 1950. The van der Waals surface area contributed by atoms with Crippen molar-refractivity contribution in [2.24, 2.45) is 0 Å². The van der Waals surface area contributed by atoms with Crippen LogP contribution in [-0.4, -0.2) is 15.0 Å². The first kappa shape index (κ1) is 22.3. The van der Waals surface area contributed by atoms with E-state index in [2.05, 4.69) is 108 Å². The van der Waals surface area contributed by atoms with E-state index in [1.807, 2.05) is 28.8 Å². The zero-order chi connectivity index (χ0) is 25.6. The van der Waals surface area contributed by atoms with Crippen LogP contribution in [0, 0.1) is 0 Å². The molecule has 0 aliphatic rings. The Kier molecular flexibility index (Phi) is 5.22. The number of carbonyl (C=O) groups excluding carboxylic acids is 1. The lowest BCUT2D eigenvalue weighted by Gasteiger charge is -2.10. The van der Waals surface area contributed by atoms with E-state index in [0.717, 1.165) is 45.2 Å². The molecule has 0 atom stereocenters. The van der Waals surface area contributed by atoms with E-state index in [1.165, 1.54) is 22.0 Å². The molecule has 0 fully saturated rings. The van der Waals surface area contributed by atoms with E-state index in [0.29, 0.717) is 0 Å². The molecular formula is C35H26N2O. The number of hydrogen-bond acceptors (Lipinski definition) is 1. The van der Waals surface area contributed by atoms with Crippen LogP contribution in [0.2, 0.25) is 0 Å². The van der Waals surface area contributed by atoms with E-state index in [-0.39, 0.29) is 5.91 Å². The van der Waals surface area contributed by atoms with E-state index < -0.39 is 0 Å². The summed E-state index contributed by atoms with van der Waals surface area (Å²) >= 11 is 0. The lowest BCUT2D eigenvalue weighted by atomic mass is 9.98. The summed E-state index contributed by atoms with van der Waals surface area (Å²) in [4.78, 5) is 13.3. The van der Waals surface area contributed by atoms with Gasteiger partial charge in [-0.05, 0) is 34.9 Å². The van der Waals surface area contributed by atoms with Crippen molar-refractivity contribution in [1.29, 1.82) is 0 Å². The number of fused-ring (bicyclic) bond motifs is 4. The van der Waals surface area contributed by atoms with Crippen LogP contribution in [0.1, 0.15) is 17.3 Å². The number of aromatic nitrogens is 2. The second-order valence-corrected chi connectivity index (χ2v) is 9.79. The maximum absolute atomic E-state index is 13.3. The molecule has 7 aromatic rings. The number of hydrogen-bond donors (Lipinski definition) is 0. The van der Waals surface area contributed by atoms with Crippen LogP contribution >= 0.6 is 0 Å². The first-order valence-electron chi connectivity index (χ1n) is 13.0. The fraction of sp³-hybridized carbons (Fsp3) is 0.0571. The molecule has 0 aliphatic heterocycles. The molecule has 0 aliphatic carbocycles. The van der Waals surface area contributed by atoms with Gasteiger partial charge in [-0.1, -0.05) is 109 Å². The Morgan fingerprint density at radius 3 is 1.84 bits per heavy atom. The van der Waals surface area contributed by atoms with Crippen LogP contribution in [0.25, 0.3) is 55.1 Å². The normalized spacial score (nSPS) is 11.5. The zero-order valence-corrected chi connectivity index (χ0v) is 21.1. The monoisotopic (exact) mass is 490 g/mol. The van der Waals surface area contributed by atoms with Gasteiger partial charge >= 0.3 is 0 Å². The Morgan fingerprint density at radius 1 is 0.579 bits per heavy atom. The highest BCUT2D eigenvalue weighted by atomic mass is 16.1. The van der Waals surface area contributed by atoms with Gasteiger partial charge in [-0.15, -0.1) is 0 Å². The van der Waals surface area contributed by atoms with Crippen molar-refractivity contribution in [3.8, 4) is 22.4 Å². The van der Waals surface area contributed by atoms with Crippen molar-refractivity contribution >= 4 is 38.6 Å². The summed E-state index contributed by atoms with van der Waals surface area (Å²) in [5.41, 5.74) is 8.69. The summed E-state index contributed by atoms with van der Waals surface area (Å²) in [5.74, 6) is 0.00316. The molecule has 7 rings (SSSR count). The molecule has 3 heteroatoms. The van der Waals surface area contributed by atoms with Gasteiger partial charge in [0, 0.05) is 40.7 Å². The van der Waals surface area contributed by atoms with Crippen LogP contribution in [0.3, 0.4) is 0 Å². The van der Waals surface area contributed by atoms with Gasteiger partial charge in [-0.3, -0.25) is 9.36 Å². The fourth-order valence-electron chi connectivity index (χ4n) is 5.86. The maximum Gasteiger partial charge on any atom is 0.228 e. The minimum atomic E-state index is 0.00316. The largest absolute Gasteiger partial charge is 0.336 e. The third-order valence-electron chi connectivity index (χ3n) is 7.47. The van der Waals surface area contributed by atoms with Crippen molar-refractivity contribution in [2.45, 2.75) is 13.5 Å². The van der Waals surface area contributed by atoms with Crippen LogP contribution in [0.15, 0.2) is 127 Å².